The SMILES string of the molecule is O=C(CCc1ccc2c(c1)nc1c3ccc4c(=O)n5c6ccc(CCC(=O)Oc7ccccc7)cc6nc5c5ccc(c(=O)n21)c3c45)Oc1ccccc1. The van der Waals surface area contributed by atoms with Gasteiger partial charge in [0, 0.05) is 45.2 Å². The molecule has 4 aromatic heterocycles. The van der Waals surface area contributed by atoms with Crippen molar-refractivity contribution in [1.29, 1.82) is 0 Å². The van der Waals surface area contributed by atoms with Crippen LogP contribution in [0.3, 0.4) is 0 Å². The number of ether oxygens (including phenoxy) is 2. The summed E-state index contributed by atoms with van der Waals surface area (Å²) in [4.78, 5) is 63.3. The van der Waals surface area contributed by atoms with Crippen molar-refractivity contribution in [2.24, 2.45) is 0 Å². The molecule has 54 heavy (non-hydrogen) atoms. The number of carbonyl (C=O) groups excluding carboxylic acids is 2. The van der Waals surface area contributed by atoms with E-state index < -0.39 is 0 Å². The van der Waals surface area contributed by atoms with Gasteiger partial charge in [0.05, 0.1) is 22.1 Å². The molecule has 6 aromatic carbocycles. The largest absolute Gasteiger partial charge is 0.427 e. The average molecular weight is 709 g/mol. The van der Waals surface area contributed by atoms with Gasteiger partial charge in [-0.3, -0.25) is 28.0 Å². The zero-order valence-electron chi connectivity index (χ0n) is 28.6. The standard InChI is InChI=1S/C44H28N4O6/c49-37(53-27-7-3-1-4-8-27)21-13-25-11-19-35-33(23-25)45-41-29-15-17-32-40-30(16-18-31(39(29)40)43(51)47(35)41)42-46-34-24-26(12-20-36(34)48(42)44(32)52)14-22-38(50)54-28-9-5-2-6-10-28/h1-12,15-20,23-24H,13-14,21-22H2. The first-order chi connectivity index (χ1) is 26.4. The molecule has 0 unspecified atom stereocenters. The van der Waals surface area contributed by atoms with Gasteiger partial charge < -0.3 is 9.47 Å². The van der Waals surface area contributed by atoms with Gasteiger partial charge in [-0.15, -0.1) is 0 Å². The highest BCUT2D eigenvalue weighted by Gasteiger charge is 2.23. The van der Waals surface area contributed by atoms with Crippen molar-refractivity contribution in [3.05, 3.63) is 153 Å². The Hall–Kier alpha value is -7.20. The minimum atomic E-state index is -0.333. The van der Waals surface area contributed by atoms with Gasteiger partial charge in [-0.25, -0.2) is 9.97 Å². The molecule has 4 heterocycles. The number of hydrogen-bond donors (Lipinski definition) is 0. The van der Waals surface area contributed by atoms with Crippen LogP contribution in [0.15, 0.2) is 131 Å². The van der Waals surface area contributed by atoms with E-state index in [0.29, 0.717) is 79.2 Å². The Morgan fingerprint density at radius 1 is 0.500 bits per heavy atom. The molecule has 10 heteroatoms. The Labute approximate surface area is 305 Å². The number of fused-ring (bicyclic) bond motifs is 8. The van der Waals surface area contributed by atoms with Gasteiger partial charge in [0.2, 0.25) is 0 Å². The van der Waals surface area contributed by atoms with Crippen LogP contribution in [0.25, 0.3) is 65.7 Å². The number of aryl methyl sites for hydroxylation is 2. The molecule has 0 atom stereocenters. The molecule has 0 fully saturated rings. The van der Waals surface area contributed by atoms with Crippen LogP contribution >= 0.6 is 0 Å². The van der Waals surface area contributed by atoms with Crippen molar-refractivity contribution in [3.63, 3.8) is 0 Å². The Balaban J connectivity index is 1.03. The Kier molecular flexibility index (Phi) is 7.12. The van der Waals surface area contributed by atoms with Gasteiger partial charge in [-0.05, 0) is 96.8 Å². The smallest absolute Gasteiger partial charge is 0.311 e. The van der Waals surface area contributed by atoms with Gasteiger partial charge in [0.1, 0.15) is 22.8 Å². The number of para-hydroxylation sites is 2. The van der Waals surface area contributed by atoms with E-state index in [9.17, 15) is 19.2 Å². The molecule has 0 N–H and O–H groups in total. The zero-order valence-corrected chi connectivity index (χ0v) is 28.6. The highest BCUT2D eigenvalue weighted by molar-refractivity contribution is 6.27. The number of aromatic nitrogens is 4. The minimum absolute atomic E-state index is 0.187. The van der Waals surface area contributed by atoms with E-state index >= 15 is 0 Å². The van der Waals surface area contributed by atoms with E-state index in [1.165, 1.54) is 0 Å². The third-order valence-corrected chi connectivity index (χ3v) is 10.1. The van der Waals surface area contributed by atoms with E-state index in [-0.39, 0.29) is 35.9 Å². The molecule has 0 amide bonds. The number of benzene rings is 6. The molecule has 0 radical (unpaired) electrons. The van der Waals surface area contributed by atoms with E-state index in [2.05, 4.69) is 0 Å². The number of imidazole rings is 2. The summed E-state index contributed by atoms with van der Waals surface area (Å²) in [5.74, 6) is 0.337. The summed E-state index contributed by atoms with van der Waals surface area (Å²) in [5.41, 5.74) is 4.89. The number of hydrogen-bond acceptors (Lipinski definition) is 8. The van der Waals surface area contributed by atoms with Crippen LogP contribution in [0.5, 0.6) is 11.5 Å². The van der Waals surface area contributed by atoms with Gasteiger partial charge in [-0.2, -0.15) is 0 Å². The maximum absolute atomic E-state index is 14.2. The fourth-order valence-corrected chi connectivity index (χ4v) is 7.64. The molecular formula is C44H28N4O6. The van der Waals surface area contributed by atoms with E-state index in [0.717, 1.165) is 21.9 Å². The summed E-state index contributed by atoms with van der Waals surface area (Å²) >= 11 is 0. The monoisotopic (exact) mass is 708 g/mol. The normalized spacial score (nSPS) is 11.9. The predicted molar refractivity (Wildman–Crippen MR) is 207 cm³/mol. The second kappa shape index (κ2) is 12.2. The maximum Gasteiger partial charge on any atom is 0.311 e. The molecule has 0 bridgehead atoms. The number of rotatable bonds is 8. The fraction of sp³-hybridized carbons (Fsp3) is 0.0909. The van der Waals surface area contributed by atoms with Gasteiger partial charge in [0.25, 0.3) is 11.1 Å². The number of pyridine rings is 2. The highest BCUT2D eigenvalue weighted by Crippen LogP contribution is 2.37. The van der Waals surface area contributed by atoms with Crippen molar-refractivity contribution in [2.75, 3.05) is 0 Å². The van der Waals surface area contributed by atoms with Crippen molar-refractivity contribution >= 4 is 77.6 Å². The lowest BCUT2D eigenvalue weighted by atomic mass is 9.96. The molecule has 0 aliphatic carbocycles. The number of nitrogens with zero attached hydrogens (tertiary/aromatic N) is 4. The average Bonchev–Trinajstić information content (AvgIpc) is 3.77. The molecule has 0 aliphatic rings. The van der Waals surface area contributed by atoms with Crippen LogP contribution in [0.1, 0.15) is 24.0 Å². The van der Waals surface area contributed by atoms with Crippen LogP contribution in [-0.4, -0.2) is 30.7 Å². The van der Waals surface area contributed by atoms with Crippen molar-refractivity contribution in [2.45, 2.75) is 25.7 Å². The van der Waals surface area contributed by atoms with E-state index in [4.69, 9.17) is 19.4 Å². The molecule has 0 spiro atoms. The summed E-state index contributed by atoms with van der Waals surface area (Å²) in [6.07, 6.45) is 1.27. The van der Waals surface area contributed by atoms with Gasteiger partial charge in [-0.1, -0.05) is 48.5 Å². The quantitative estimate of drug-likeness (QED) is 0.0909. The van der Waals surface area contributed by atoms with Crippen LogP contribution < -0.4 is 20.6 Å². The van der Waals surface area contributed by atoms with Crippen molar-refractivity contribution in [1.82, 2.24) is 18.8 Å². The summed E-state index contributed by atoms with van der Waals surface area (Å²) < 4.78 is 14.1. The Bertz CT molecular complexity index is 3030. The van der Waals surface area contributed by atoms with Crippen LogP contribution in [0.4, 0.5) is 0 Å². The Morgan fingerprint density at radius 3 is 1.33 bits per heavy atom. The van der Waals surface area contributed by atoms with Crippen molar-refractivity contribution < 1.29 is 19.1 Å². The van der Waals surface area contributed by atoms with Crippen molar-refractivity contribution in [3.8, 4) is 11.5 Å². The number of esters is 2. The summed E-state index contributed by atoms with van der Waals surface area (Å²) in [5, 5.41) is 3.80. The molecular weight excluding hydrogens is 681 g/mol. The first kappa shape index (κ1) is 31.5. The second-order valence-electron chi connectivity index (χ2n) is 13.4. The summed E-state index contributed by atoms with van der Waals surface area (Å²) in [7, 11) is 0. The fourth-order valence-electron chi connectivity index (χ4n) is 7.64. The molecule has 10 rings (SSSR count). The van der Waals surface area contributed by atoms with E-state index in [1.54, 1.807) is 45.2 Å². The molecule has 0 aliphatic heterocycles. The lowest BCUT2D eigenvalue weighted by Gasteiger charge is -2.12. The first-order valence-electron chi connectivity index (χ1n) is 17.7. The topological polar surface area (TPSA) is 121 Å². The molecule has 10 nitrogen and oxygen atoms in total. The first-order valence-corrected chi connectivity index (χ1v) is 17.7. The second-order valence-corrected chi connectivity index (χ2v) is 13.4. The molecule has 0 saturated heterocycles. The summed E-state index contributed by atoms with van der Waals surface area (Å²) in [6, 6.07) is 36.6. The third-order valence-electron chi connectivity index (χ3n) is 10.1. The number of carbonyl (C=O) groups is 2. The van der Waals surface area contributed by atoms with Crippen LogP contribution in [-0.2, 0) is 22.4 Å². The Morgan fingerprint density at radius 2 is 0.907 bits per heavy atom. The van der Waals surface area contributed by atoms with E-state index in [1.807, 2.05) is 84.9 Å². The molecule has 0 saturated carbocycles. The molecule has 10 aromatic rings. The van der Waals surface area contributed by atoms with Gasteiger partial charge >= 0.3 is 11.9 Å². The third kappa shape index (κ3) is 5.02. The van der Waals surface area contributed by atoms with Crippen LogP contribution in [0.2, 0.25) is 0 Å². The predicted octanol–water partition coefficient (Wildman–Crippen LogP) is 7.42. The zero-order chi connectivity index (χ0) is 36.5. The highest BCUT2D eigenvalue weighted by atomic mass is 16.5. The van der Waals surface area contributed by atoms with Gasteiger partial charge in [0.15, 0.2) is 0 Å². The summed E-state index contributed by atoms with van der Waals surface area (Å²) in [6.45, 7) is 0. The van der Waals surface area contributed by atoms with Crippen LogP contribution in [0, 0.1) is 0 Å². The lowest BCUT2D eigenvalue weighted by molar-refractivity contribution is -0.135. The lowest BCUT2D eigenvalue weighted by Crippen LogP contribution is -2.16. The molecule has 260 valence electrons. The minimum Gasteiger partial charge on any atom is -0.427 e. The maximum atomic E-state index is 14.2.